The van der Waals surface area contributed by atoms with Crippen LogP contribution in [-0.2, 0) is 6.42 Å². The van der Waals surface area contributed by atoms with Crippen molar-refractivity contribution >= 4 is 27.9 Å². The molecule has 0 saturated carbocycles. The number of hydrogen-bond acceptors (Lipinski definition) is 6. The average molecular weight is 431 g/mol. The molecule has 0 aliphatic carbocycles. The smallest absolute Gasteiger partial charge is 0.268 e. The van der Waals surface area contributed by atoms with Crippen LogP contribution < -0.4 is 11.3 Å². The number of fused-ring (bicyclic) bond motifs is 2. The van der Waals surface area contributed by atoms with Crippen LogP contribution in [0.2, 0.25) is 0 Å². The van der Waals surface area contributed by atoms with Gasteiger partial charge in [0.05, 0.1) is 17.5 Å². The normalized spacial score (nSPS) is 10.8. The first-order chi connectivity index (χ1) is 15.5. The number of anilines is 1. The molecule has 0 unspecified atom stereocenters. The van der Waals surface area contributed by atoms with Crippen molar-refractivity contribution < 1.29 is 4.39 Å². The van der Waals surface area contributed by atoms with Crippen LogP contribution in [0.3, 0.4) is 0 Å². The molecule has 0 aliphatic heterocycles. The number of nitrogen functional groups attached to an aromatic ring is 1. The lowest BCUT2D eigenvalue weighted by atomic mass is 10.2. The Morgan fingerprint density at radius 1 is 1.09 bits per heavy atom. The Bertz CT molecular complexity index is 1440. The van der Waals surface area contributed by atoms with Crippen molar-refractivity contribution in [2.45, 2.75) is 26.7 Å². The second-order valence-electron chi connectivity index (χ2n) is 7.25. The van der Waals surface area contributed by atoms with Gasteiger partial charge in [0.15, 0.2) is 11.5 Å². The van der Waals surface area contributed by atoms with Crippen molar-refractivity contribution in [1.82, 2.24) is 29.5 Å². The van der Waals surface area contributed by atoms with E-state index < -0.39 is 5.82 Å². The summed E-state index contributed by atoms with van der Waals surface area (Å²) in [4.78, 5) is 31.7. The van der Waals surface area contributed by atoms with E-state index in [2.05, 4.69) is 24.9 Å². The molecule has 0 saturated heterocycles. The SMILES string of the molecule is CCCc1nc2cccc(F)c2c(=O)n1-c1ccc(C)cc1.Nc1ncnc2nc[nH]c12. The second kappa shape index (κ2) is 8.93. The van der Waals surface area contributed by atoms with Gasteiger partial charge in [0.2, 0.25) is 0 Å². The molecule has 5 rings (SSSR count). The van der Waals surface area contributed by atoms with E-state index in [0.717, 1.165) is 17.7 Å². The van der Waals surface area contributed by atoms with Crippen molar-refractivity contribution in [2.24, 2.45) is 0 Å². The van der Waals surface area contributed by atoms with Crippen LogP contribution >= 0.6 is 0 Å². The molecule has 162 valence electrons. The van der Waals surface area contributed by atoms with Crippen LogP contribution in [0.1, 0.15) is 24.7 Å². The minimum atomic E-state index is -0.529. The standard InChI is InChI=1S/C18H17FN2O.C5H5N5/c1-3-5-16-20-15-7-4-6-14(19)17(15)18(22)21(16)13-10-8-12(2)9-11-13;6-4-3-5(9-1-7-3)10-2-8-4/h4,6-11H,3,5H2,1-2H3;1-2H,(H3,6,7,8,9,10). The van der Waals surface area contributed by atoms with Crippen LogP contribution in [0.4, 0.5) is 10.2 Å². The van der Waals surface area contributed by atoms with Crippen LogP contribution in [0.5, 0.6) is 0 Å². The quantitative estimate of drug-likeness (QED) is 0.450. The number of imidazole rings is 1. The summed E-state index contributed by atoms with van der Waals surface area (Å²) in [7, 11) is 0. The van der Waals surface area contributed by atoms with E-state index in [1.807, 2.05) is 38.1 Å². The molecule has 0 atom stereocenters. The Morgan fingerprint density at radius 2 is 1.88 bits per heavy atom. The van der Waals surface area contributed by atoms with E-state index >= 15 is 0 Å². The summed E-state index contributed by atoms with van der Waals surface area (Å²) in [6.45, 7) is 4.01. The molecular weight excluding hydrogens is 409 g/mol. The lowest BCUT2D eigenvalue weighted by molar-refractivity contribution is 0.636. The van der Waals surface area contributed by atoms with E-state index in [1.165, 1.54) is 23.3 Å². The molecule has 0 amide bonds. The molecule has 5 aromatic rings. The fourth-order valence-corrected chi connectivity index (χ4v) is 3.37. The van der Waals surface area contributed by atoms with Gasteiger partial charge < -0.3 is 10.7 Å². The van der Waals surface area contributed by atoms with Gasteiger partial charge in [-0.15, -0.1) is 0 Å². The van der Waals surface area contributed by atoms with Gasteiger partial charge in [0.1, 0.15) is 28.9 Å². The first-order valence-electron chi connectivity index (χ1n) is 10.2. The fraction of sp³-hybridized carbons (Fsp3) is 0.174. The van der Waals surface area contributed by atoms with Crippen LogP contribution in [0.25, 0.3) is 27.8 Å². The summed E-state index contributed by atoms with van der Waals surface area (Å²) >= 11 is 0. The van der Waals surface area contributed by atoms with Gasteiger partial charge in [0.25, 0.3) is 5.56 Å². The molecule has 8 nitrogen and oxygen atoms in total. The van der Waals surface area contributed by atoms with E-state index in [9.17, 15) is 9.18 Å². The first kappa shape index (κ1) is 21.1. The molecule has 0 bridgehead atoms. The number of aromatic nitrogens is 6. The zero-order valence-corrected chi connectivity index (χ0v) is 17.7. The van der Waals surface area contributed by atoms with Gasteiger partial charge in [-0.2, -0.15) is 0 Å². The zero-order chi connectivity index (χ0) is 22.7. The van der Waals surface area contributed by atoms with Gasteiger partial charge >= 0.3 is 0 Å². The predicted molar refractivity (Wildman–Crippen MR) is 122 cm³/mol. The van der Waals surface area contributed by atoms with Gasteiger partial charge in [-0.05, 0) is 37.6 Å². The van der Waals surface area contributed by atoms with Gasteiger partial charge in [-0.3, -0.25) is 9.36 Å². The number of rotatable bonds is 3. The number of hydrogen-bond donors (Lipinski definition) is 2. The third kappa shape index (κ3) is 4.04. The largest absolute Gasteiger partial charge is 0.382 e. The molecule has 2 aromatic carbocycles. The molecule has 3 N–H and O–H groups in total. The van der Waals surface area contributed by atoms with Crippen molar-refractivity contribution in [3.63, 3.8) is 0 Å². The lowest BCUT2D eigenvalue weighted by Gasteiger charge is -2.13. The minimum Gasteiger partial charge on any atom is -0.382 e. The Kier molecular flexibility index (Phi) is 5.89. The number of benzene rings is 2. The Balaban J connectivity index is 0.000000203. The molecule has 3 aromatic heterocycles. The number of aryl methyl sites for hydroxylation is 2. The Labute approximate surface area is 183 Å². The minimum absolute atomic E-state index is 0.0444. The summed E-state index contributed by atoms with van der Waals surface area (Å²) in [5, 5.41) is 0.0444. The topological polar surface area (TPSA) is 115 Å². The Morgan fingerprint density at radius 3 is 2.59 bits per heavy atom. The van der Waals surface area contributed by atoms with Gasteiger partial charge in [0, 0.05) is 6.42 Å². The highest BCUT2D eigenvalue weighted by atomic mass is 19.1. The van der Waals surface area contributed by atoms with Crippen LogP contribution in [-0.4, -0.2) is 29.5 Å². The first-order valence-corrected chi connectivity index (χ1v) is 10.2. The van der Waals surface area contributed by atoms with Crippen LogP contribution in [0, 0.1) is 12.7 Å². The molecule has 0 fully saturated rings. The summed E-state index contributed by atoms with van der Waals surface area (Å²) in [5.74, 6) is 0.566. The van der Waals surface area contributed by atoms with E-state index in [1.54, 1.807) is 12.1 Å². The highest BCUT2D eigenvalue weighted by Gasteiger charge is 2.14. The zero-order valence-electron chi connectivity index (χ0n) is 17.7. The van der Waals surface area contributed by atoms with Crippen molar-refractivity contribution in [3.8, 4) is 5.69 Å². The molecule has 0 aliphatic rings. The van der Waals surface area contributed by atoms with Crippen LogP contribution in [0.15, 0.2) is 59.9 Å². The van der Waals surface area contributed by atoms with E-state index in [-0.39, 0.29) is 10.9 Å². The van der Waals surface area contributed by atoms with Crippen molar-refractivity contribution in [2.75, 3.05) is 5.73 Å². The predicted octanol–water partition coefficient (Wildman–Crippen LogP) is 3.72. The summed E-state index contributed by atoms with van der Waals surface area (Å²) in [6.07, 6.45) is 4.45. The Hall–Kier alpha value is -4.14. The average Bonchev–Trinajstić information content (AvgIpc) is 3.26. The number of nitrogens with zero attached hydrogens (tertiary/aromatic N) is 5. The summed E-state index contributed by atoms with van der Waals surface area (Å²) < 4.78 is 15.6. The third-order valence-corrected chi connectivity index (χ3v) is 4.93. The van der Waals surface area contributed by atoms with Crippen molar-refractivity contribution in [3.05, 3.63) is 82.7 Å². The highest BCUT2D eigenvalue weighted by Crippen LogP contribution is 2.17. The third-order valence-electron chi connectivity index (χ3n) is 4.93. The number of halogens is 1. The molecule has 32 heavy (non-hydrogen) atoms. The van der Waals surface area contributed by atoms with E-state index in [0.29, 0.717) is 34.7 Å². The second-order valence-corrected chi connectivity index (χ2v) is 7.25. The molecular formula is C23H22FN7O. The lowest BCUT2D eigenvalue weighted by Crippen LogP contribution is -2.24. The number of aromatic amines is 1. The maximum Gasteiger partial charge on any atom is 0.268 e. The summed E-state index contributed by atoms with van der Waals surface area (Å²) in [5.41, 5.74) is 8.67. The van der Waals surface area contributed by atoms with E-state index in [4.69, 9.17) is 5.73 Å². The highest BCUT2D eigenvalue weighted by molar-refractivity contribution is 5.80. The maximum atomic E-state index is 14.1. The number of H-pyrrole nitrogens is 1. The van der Waals surface area contributed by atoms with Crippen molar-refractivity contribution in [1.29, 1.82) is 0 Å². The monoisotopic (exact) mass is 431 g/mol. The number of nitrogens with one attached hydrogen (secondary N) is 1. The van der Waals surface area contributed by atoms with Gasteiger partial charge in [-0.1, -0.05) is 30.7 Å². The number of nitrogens with two attached hydrogens (primary N) is 1. The molecule has 3 heterocycles. The molecule has 9 heteroatoms. The summed E-state index contributed by atoms with van der Waals surface area (Å²) in [6, 6.07) is 12.2. The molecule has 0 spiro atoms. The maximum absolute atomic E-state index is 14.1. The fourth-order valence-electron chi connectivity index (χ4n) is 3.37. The van der Waals surface area contributed by atoms with Gasteiger partial charge in [-0.25, -0.2) is 24.3 Å². The molecule has 0 radical (unpaired) electrons.